The van der Waals surface area contributed by atoms with Crippen LogP contribution in [0.15, 0.2) is 30.5 Å². The molecular formula is C16H16FN5S. The van der Waals surface area contributed by atoms with Gasteiger partial charge in [0.2, 0.25) is 5.95 Å². The maximum absolute atomic E-state index is 13.3. The lowest BCUT2D eigenvalue weighted by Crippen LogP contribution is -1.98. The average Bonchev–Trinajstić information content (AvgIpc) is 2.92. The summed E-state index contributed by atoms with van der Waals surface area (Å²) in [6.45, 7) is 3.67. The number of nitrogens with zero attached hydrogens (tertiary/aromatic N) is 3. The van der Waals surface area contributed by atoms with Crippen molar-refractivity contribution >= 4 is 28.1 Å². The van der Waals surface area contributed by atoms with Crippen molar-refractivity contribution in [2.45, 2.75) is 13.8 Å². The first-order valence-electron chi connectivity index (χ1n) is 7.08. The fraction of sp³-hybridized carbons (Fsp3) is 0.188. The molecule has 2 N–H and O–H groups in total. The molecule has 0 atom stereocenters. The summed E-state index contributed by atoms with van der Waals surface area (Å²) in [7, 11) is 1.84. The van der Waals surface area contributed by atoms with E-state index < -0.39 is 0 Å². The molecule has 0 saturated heterocycles. The van der Waals surface area contributed by atoms with Crippen LogP contribution >= 0.6 is 11.3 Å². The van der Waals surface area contributed by atoms with Gasteiger partial charge in [-0.05, 0) is 43.7 Å². The van der Waals surface area contributed by atoms with Crippen molar-refractivity contribution in [3.8, 4) is 10.6 Å². The van der Waals surface area contributed by atoms with E-state index in [4.69, 9.17) is 0 Å². The lowest BCUT2D eigenvalue weighted by atomic mass is 10.2. The SMILES string of the molecule is CNc1nc(C)c(-c2ccnc(Nc3ccc(F)c(C)c3)n2)s1. The van der Waals surface area contributed by atoms with Crippen LogP contribution in [-0.4, -0.2) is 22.0 Å². The smallest absolute Gasteiger partial charge is 0.227 e. The van der Waals surface area contributed by atoms with E-state index in [-0.39, 0.29) is 5.82 Å². The summed E-state index contributed by atoms with van der Waals surface area (Å²) in [5.74, 6) is 0.234. The maximum atomic E-state index is 13.3. The lowest BCUT2D eigenvalue weighted by Gasteiger charge is -2.07. The van der Waals surface area contributed by atoms with E-state index >= 15 is 0 Å². The Bertz CT molecular complexity index is 846. The molecule has 23 heavy (non-hydrogen) atoms. The Morgan fingerprint density at radius 1 is 1.13 bits per heavy atom. The summed E-state index contributed by atoms with van der Waals surface area (Å²) in [5, 5.41) is 6.99. The van der Waals surface area contributed by atoms with Crippen molar-refractivity contribution < 1.29 is 4.39 Å². The Hall–Kier alpha value is -2.54. The van der Waals surface area contributed by atoms with Crippen molar-refractivity contribution in [1.82, 2.24) is 15.0 Å². The van der Waals surface area contributed by atoms with E-state index in [0.717, 1.165) is 27.1 Å². The van der Waals surface area contributed by atoms with Gasteiger partial charge in [0.05, 0.1) is 16.3 Å². The summed E-state index contributed by atoms with van der Waals surface area (Å²) in [5.41, 5.74) is 3.04. The minimum Gasteiger partial charge on any atom is -0.365 e. The zero-order chi connectivity index (χ0) is 16.4. The van der Waals surface area contributed by atoms with Gasteiger partial charge in [0, 0.05) is 18.9 Å². The van der Waals surface area contributed by atoms with Crippen LogP contribution in [0.2, 0.25) is 0 Å². The molecule has 0 bridgehead atoms. The van der Waals surface area contributed by atoms with Crippen LogP contribution < -0.4 is 10.6 Å². The summed E-state index contributed by atoms with van der Waals surface area (Å²) in [6, 6.07) is 6.66. The number of anilines is 3. The number of aryl methyl sites for hydroxylation is 2. The van der Waals surface area contributed by atoms with Crippen molar-refractivity contribution in [2.24, 2.45) is 0 Å². The summed E-state index contributed by atoms with van der Waals surface area (Å²) < 4.78 is 13.3. The highest BCUT2D eigenvalue weighted by molar-refractivity contribution is 7.19. The van der Waals surface area contributed by atoms with Crippen LogP contribution in [0.5, 0.6) is 0 Å². The number of halogens is 1. The molecule has 0 fully saturated rings. The lowest BCUT2D eigenvalue weighted by molar-refractivity contribution is 0.619. The number of rotatable bonds is 4. The Balaban J connectivity index is 1.90. The van der Waals surface area contributed by atoms with Crippen LogP contribution in [0.1, 0.15) is 11.3 Å². The highest BCUT2D eigenvalue weighted by Gasteiger charge is 2.11. The highest BCUT2D eigenvalue weighted by Crippen LogP contribution is 2.31. The van der Waals surface area contributed by atoms with Gasteiger partial charge in [-0.1, -0.05) is 11.3 Å². The van der Waals surface area contributed by atoms with Crippen LogP contribution in [0, 0.1) is 19.7 Å². The number of aromatic nitrogens is 3. The molecular weight excluding hydrogens is 313 g/mol. The Morgan fingerprint density at radius 3 is 2.65 bits per heavy atom. The first-order valence-corrected chi connectivity index (χ1v) is 7.90. The van der Waals surface area contributed by atoms with Gasteiger partial charge in [0.25, 0.3) is 0 Å². The number of thiazole rings is 1. The molecule has 0 aliphatic heterocycles. The van der Waals surface area contributed by atoms with Gasteiger partial charge in [-0.3, -0.25) is 0 Å². The predicted molar refractivity (Wildman–Crippen MR) is 91.8 cm³/mol. The minimum absolute atomic E-state index is 0.231. The summed E-state index contributed by atoms with van der Waals surface area (Å²) in [4.78, 5) is 14.2. The quantitative estimate of drug-likeness (QED) is 0.753. The standard InChI is InChI=1S/C16H16FN5S/c1-9-8-11(4-5-12(9)17)21-15-19-7-6-13(22-15)14-10(2)20-16(18-3)23-14/h4-8H,1-3H3,(H,18,20)(H,19,21,22). The van der Waals surface area contributed by atoms with Crippen LogP contribution in [0.3, 0.4) is 0 Å². The van der Waals surface area contributed by atoms with Crippen LogP contribution in [-0.2, 0) is 0 Å². The first-order chi connectivity index (χ1) is 11.1. The molecule has 0 unspecified atom stereocenters. The Morgan fingerprint density at radius 2 is 1.96 bits per heavy atom. The Kier molecular flexibility index (Phi) is 4.20. The van der Waals surface area contributed by atoms with Gasteiger partial charge in [-0.2, -0.15) is 0 Å². The van der Waals surface area contributed by atoms with Gasteiger partial charge in [-0.25, -0.2) is 19.3 Å². The third kappa shape index (κ3) is 3.29. The van der Waals surface area contributed by atoms with Crippen molar-refractivity contribution in [2.75, 3.05) is 17.7 Å². The van der Waals surface area contributed by atoms with Gasteiger partial charge < -0.3 is 10.6 Å². The molecule has 1 aromatic carbocycles. The topological polar surface area (TPSA) is 62.7 Å². The van der Waals surface area contributed by atoms with Crippen molar-refractivity contribution in [3.05, 3.63) is 47.5 Å². The number of nitrogens with one attached hydrogen (secondary N) is 2. The molecule has 2 heterocycles. The fourth-order valence-corrected chi connectivity index (χ4v) is 3.03. The third-order valence-electron chi connectivity index (χ3n) is 3.31. The second-order valence-electron chi connectivity index (χ2n) is 5.04. The molecule has 2 aromatic heterocycles. The first kappa shape index (κ1) is 15.4. The van der Waals surface area contributed by atoms with Crippen molar-refractivity contribution in [1.29, 1.82) is 0 Å². The van der Waals surface area contributed by atoms with Gasteiger partial charge in [0.15, 0.2) is 5.13 Å². The molecule has 0 amide bonds. The summed E-state index contributed by atoms with van der Waals surface area (Å²) in [6.07, 6.45) is 1.69. The molecule has 3 aromatic rings. The average molecular weight is 329 g/mol. The minimum atomic E-state index is -0.231. The third-order valence-corrected chi connectivity index (χ3v) is 4.51. The molecule has 0 saturated carbocycles. The molecule has 0 spiro atoms. The molecule has 0 aliphatic carbocycles. The van der Waals surface area contributed by atoms with Crippen molar-refractivity contribution in [3.63, 3.8) is 0 Å². The summed E-state index contributed by atoms with van der Waals surface area (Å²) >= 11 is 1.54. The molecule has 7 heteroatoms. The molecule has 118 valence electrons. The molecule has 5 nitrogen and oxygen atoms in total. The van der Waals surface area contributed by atoms with Gasteiger partial charge >= 0.3 is 0 Å². The van der Waals surface area contributed by atoms with E-state index in [2.05, 4.69) is 25.6 Å². The molecule has 0 aliphatic rings. The van der Waals surface area contributed by atoms with Gasteiger partial charge in [-0.15, -0.1) is 0 Å². The second-order valence-corrected chi connectivity index (χ2v) is 6.04. The van der Waals surface area contributed by atoms with E-state index in [0.29, 0.717) is 11.5 Å². The van der Waals surface area contributed by atoms with Crippen LogP contribution in [0.25, 0.3) is 10.6 Å². The molecule has 3 rings (SSSR count). The fourth-order valence-electron chi connectivity index (χ4n) is 2.14. The normalized spacial score (nSPS) is 10.6. The predicted octanol–water partition coefficient (Wildman–Crippen LogP) is 4.14. The zero-order valence-corrected chi connectivity index (χ0v) is 13.8. The zero-order valence-electron chi connectivity index (χ0n) is 13.0. The highest BCUT2D eigenvalue weighted by atomic mass is 32.1. The van der Waals surface area contributed by atoms with E-state index in [1.807, 2.05) is 20.0 Å². The largest absolute Gasteiger partial charge is 0.365 e. The van der Waals surface area contributed by atoms with E-state index in [1.165, 1.54) is 6.07 Å². The van der Waals surface area contributed by atoms with Gasteiger partial charge in [0.1, 0.15) is 5.82 Å². The monoisotopic (exact) mass is 329 g/mol. The second kappa shape index (κ2) is 6.29. The van der Waals surface area contributed by atoms with E-state index in [9.17, 15) is 4.39 Å². The Labute approximate surface area is 137 Å². The number of hydrogen-bond acceptors (Lipinski definition) is 6. The molecule has 0 radical (unpaired) electrons. The number of benzene rings is 1. The maximum Gasteiger partial charge on any atom is 0.227 e. The van der Waals surface area contributed by atoms with E-state index in [1.54, 1.807) is 36.6 Å². The van der Waals surface area contributed by atoms with Crippen LogP contribution in [0.4, 0.5) is 21.2 Å². The number of hydrogen-bond donors (Lipinski definition) is 2.